The molecule has 0 aromatic heterocycles. The van der Waals surface area contributed by atoms with E-state index in [0.29, 0.717) is 5.57 Å². The molecule has 23 heavy (non-hydrogen) atoms. The molecule has 0 atom stereocenters. The maximum absolute atomic E-state index is 11.0. The molecule has 0 aromatic rings. The Morgan fingerprint density at radius 2 is 1.43 bits per heavy atom. The molecule has 0 bridgehead atoms. The van der Waals surface area contributed by atoms with Gasteiger partial charge in [-0.25, -0.2) is 0 Å². The fourth-order valence-corrected chi connectivity index (χ4v) is 1.72. The van der Waals surface area contributed by atoms with Crippen molar-refractivity contribution in [1.29, 1.82) is 15.8 Å². The van der Waals surface area contributed by atoms with E-state index in [4.69, 9.17) is 39.0 Å². The van der Waals surface area contributed by atoms with Gasteiger partial charge in [0.15, 0.2) is 5.57 Å². The van der Waals surface area contributed by atoms with Gasteiger partial charge >= 0.3 is 0 Å². The molecule has 2 heterocycles. The Balaban J connectivity index is 0.000000253. The molecule has 0 saturated carbocycles. The van der Waals surface area contributed by atoms with E-state index in [1.165, 1.54) is 6.92 Å². The van der Waals surface area contributed by atoms with Gasteiger partial charge in [0.1, 0.15) is 33.8 Å². The molecule has 2 aliphatic heterocycles. The van der Waals surface area contributed by atoms with Crippen molar-refractivity contribution in [3.05, 3.63) is 32.5 Å². The summed E-state index contributed by atoms with van der Waals surface area (Å²) in [7, 11) is 0. The highest BCUT2D eigenvalue weighted by Gasteiger charge is 2.28. The van der Waals surface area contributed by atoms with E-state index < -0.39 is 17.7 Å². The number of halogens is 2. The summed E-state index contributed by atoms with van der Waals surface area (Å²) in [6.45, 7) is 1.50. The first kappa shape index (κ1) is 17.9. The smallest absolute Gasteiger partial charge is 0.270 e. The van der Waals surface area contributed by atoms with Crippen LogP contribution >= 0.6 is 23.2 Å². The predicted octanol–water partition coefficient (Wildman–Crippen LogP) is 0.590. The maximum atomic E-state index is 11.0. The molecule has 2 rings (SSSR count). The number of carbonyl (C=O) groups excluding carboxylic acids is 3. The average Bonchev–Trinajstić information content (AvgIpc) is 2.93. The minimum Gasteiger partial charge on any atom is -0.318 e. The van der Waals surface area contributed by atoms with Crippen LogP contribution in [0.1, 0.15) is 6.92 Å². The molecule has 10 heteroatoms. The van der Waals surface area contributed by atoms with E-state index in [2.05, 4.69) is 5.32 Å². The fraction of sp³-hybridized carbons (Fsp3) is 0.0769. The molecule has 0 fully saturated rings. The zero-order valence-corrected chi connectivity index (χ0v) is 12.8. The third kappa shape index (κ3) is 3.56. The van der Waals surface area contributed by atoms with Crippen molar-refractivity contribution < 1.29 is 14.4 Å². The van der Waals surface area contributed by atoms with E-state index in [1.807, 2.05) is 5.32 Å². The Hall–Kier alpha value is -3.12. The van der Waals surface area contributed by atoms with Gasteiger partial charge in [-0.3, -0.25) is 19.7 Å². The van der Waals surface area contributed by atoms with Gasteiger partial charge in [0, 0.05) is 5.57 Å². The lowest BCUT2D eigenvalue weighted by Gasteiger charge is -1.95. The van der Waals surface area contributed by atoms with Crippen molar-refractivity contribution in [3.63, 3.8) is 0 Å². The summed E-state index contributed by atoms with van der Waals surface area (Å²) in [4.78, 5) is 32.0. The summed E-state index contributed by atoms with van der Waals surface area (Å²) in [5.74, 6) is -1.58. The van der Waals surface area contributed by atoms with E-state index in [-0.39, 0.29) is 26.9 Å². The normalized spacial score (nSPS) is 16.0. The largest absolute Gasteiger partial charge is 0.318 e. The minimum absolute atomic E-state index is 0.000000000000000444. The van der Waals surface area contributed by atoms with Gasteiger partial charge in [-0.2, -0.15) is 15.8 Å². The summed E-state index contributed by atoms with van der Waals surface area (Å²) >= 11 is 10.8. The lowest BCUT2D eigenvalue weighted by atomic mass is 10.1. The number of nitrogens with zero attached hydrogens (tertiary/aromatic N) is 3. The molecule has 3 amide bonds. The Morgan fingerprint density at radius 1 is 0.913 bits per heavy atom. The Kier molecular flexibility index (Phi) is 5.64. The summed E-state index contributed by atoms with van der Waals surface area (Å²) < 4.78 is 0. The van der Waals surface area contributed by atoms with Crippen molar-refractivity contribution >= 4 is 40.9 Å². The van der Waals surface area contributed by atoms with Crippen LogP contribution < -0.4 is 10.6 Å². The van der Waals surface area contributed by atoms with Gasteiger partial charge in [-0.15, -0.1) is 0 Å². The van der Waals surface area contributed by atoms with Crippen molar-refractivity contribution in [1.82, 2.24) is 10.6 Å². The summed E-state index contributed by atoms with van der Waals surface area (Å²) in [5, 5.41) is 29.6. The number of imide groups is 1. The molecule has 0 aromatic carbocycles. The Labute approximate surface area is 139 Å². The van der Waals surface area contributed by atoms with Crippen LogP contribution in [0.4, 0.5) is 0 Å². The zero-order chi connectivity index (χ0) is 17.7. The van der Waals surface area contributed by atoms with Crippen LogP contribution in [0.2, 0.25) is 0 Å². The van der Waals surface area contributed by atoms with Gasteiger partial charge in [0.2, 0.25) is 0 Å². The first-order valence-electron chi connectivity index (χ1n) is 5.66. The number of carbonyl (C=O) groups is 3. The molecule has 0 radical (unpaired) electrons. The number of allylic oxidation sites excluding steroid dienone is 2. The van der Waals surface area contributed by atoms with Crippen molar-refractivity contribution in [2.75, 3.05) is 0 Å². The van der Waals surface area contributed by atoms with Crippen LogP contribution in [0.15, 0.2) is 32.5 Å². The van der Waals surface area contributed by atoms with Crippen LogP contribution in [-0.4, -0.2) is 17.7 Å². The molecule has 0 aliphatic carbocycles. The lowest BCUT2D eigenvalue weighted by molar-refractivity contribution is -0.124. The van der Waals surface area contributed by atoms with Crippen LogP contribution in [0.25, 0.3) is 0 Å². The van der Waals surface area contributed by atoms with Crippen LogP contribution in [-0.2, 0) is 14.4 Å². The van der Waals surface area contributed by atoms with Crippen LogP contribution in [0.5, 0.6) is 0 Å². The number of nitriles is 3. The van der Waals surface area contributed by atoms with Gasteiger partial charge in [-0.1, -0.05) is 23.2 Å². The highest BCUT2D eigenvalue weighted by atomic mass is 35.5. The molecule has 0 saturated heterocycles. The summed E-state index contributed by atoms with van der Waals surface area (Å²) in [6.07, 6.45) is 0. The molecule has 0 unspecified atom stereocenters. The number of hydrogen-bond acceptors (Lipinski definition) is 6. The Bertz CT molecular complexity index is 808. The third-order valence-electron chi connectivity index (χ3n) is 2.59. The van der Waals surface area contributed by atoms with Crippen molar-refractivity contribution in [3.8, 4) is 18.2 Å². The highest BCUT2D eigenvalue weighted by Crippen LogP contribution is 2.24. The molecule has 8 nitrogen and oxygen atoms in total. The quantitative estimate of drug-likeness (QED) is 0.483. The van der Waals surface area contributed by atoms with E-state index in [9.17, 15) is 14.4 Å². The first-order valence-corrected chi connectivity index (χ1v) is 6.42. The second-order valence-corrected chi connectivity index (χ2v) is 4.71. The third-order valence-corrected chi connectivity index (χ3v) is 3.40. The number of nitrogens with one attached hydrogen (secondary N) is 2. The lowest BCUT2D eigenvalue weighted by Crippen LogP contribution is -2.22. The number of rotatable bonds is 0. The number of amides is 3. The molecular formula is C13H5Cl2N5O3. The van der Waals surface area contributed by atoms with E-state index in [1.54, 1.807) is 18.2 Å². The van der Waals surface area contributed by atoms with E-state index >= 15 is 0 Å². The molecule has 2 N–H and O–H groups in total. The second-order valence-electron chi connectivity index (χ2n) is 3.95. The second kappa shape index (κ2) is 7.24. The van der Waals surface area contributed by atoms with Gasteiger partial charge < -0.3 is 5.32 Å². The molecule has 2 aliphatic rings. The van der Waals surface area contributed by atoms with Crippen molar-refractivity contribution in [2.24, 2.45) is 0 Å². The summed E-state index contributed by atoms with van der Waals surface area (Å²) in [5.41, 5.74) is -0.338. The molecular weight excluding hydrogens is 345 g/mol. The minimum atomic E-state index is -0.679. The first-order chi connectivity index (χ1) is 10.8. The van der Waals surface area contributed by atoms with Gasteiger partial charge in [0.25, 0.3) is 17.7 Å². The van der Waals surface area contributed by atoms with Gasteiger partial charge in [0.05, 0.1) is 5.70 Å². The predicted molar refractivity (Wildman–Crippen MR) is 76.6 cm³/mol. The van der Waals surface area contributed by atoms with Gasteiger partial charge in [-0.05, 0) is 6.92 Å². The Morgan fingerprint density at radius 3 is 1.74 bits per heavy atom. The molecule has 0 spiro atoms. The standard InChI is InChI=1S/C8HClN4O.C5H4ClNO2/c9-6-5(3-12)7(13-8(6)14)4(1-10)2-11;1-2-3(6)5(9)7-4(2)8/h(H,13,14);1H3,(H,7,8,9). The average molecular weight is 350 g/mol. The fourth-order valence-electron chi connectivity index (χ4n) is 1.41. The maximum Gasteiger partial charge on any atom is 0.270 e. The van der Waals surface area contributed by atoms with Crippen molar-refractivity contribution in [2.45, 2.75) is 6.92 Å². The number of hydrogen-bond donors (Lipinski definition) is 2. The van der Waals surface area contributed by atoms with E-state index in [0.717, 1.165) is 0 Å². The molecule has 114 valence electrons. The zero-order valence-electron chi connectivity index (χ0n) is 11.3. The van der Waals surface area contributed by atoms with Crippen LogP contribution in [0.3, 0.4) is 0 Å². The topological polar surface area (TPSA) is 147 Å². The monoisotopic (exact) mass is 349 g/mol. The highest BCUT2D eigenvalue weighted by molar-refractivity contribution is 6.47. The van der Waals surface area contributed by atoms with Crippen LogP contribution in [0, 0.1) is 34.0 Å². The SMILES string of the molecule is CC1=C(Cl)C(=O)NC1=O.N#CC(C#N)=C1NC(=O)C(Cl)=C1C#N. The summed E-state index contributed by atoms with van der Waals surface area (Å²) in [6, 6.07) is 4.77.